The number of rotatable bonds is 4. The predicted octanol–water partition coefficient (Wildman–Crippen LogP) is 3.64. The summed E-state index contributed by atoms with van der Waals surface area (Å²) in [4.78, 5) is 0. The molecule has 2 aromatic rings. The van der Waals surface area contributed by atoms with Crippen LogP contribution in [0.1, 0.15) is 16.7 Å². The van der Waals surface area contributed by atoms with Crippen molar-refractivity contribution < 1.29 is 4.39 Å². The van der Waals surface area contributed by atoms with Gasteiger partial charge in [0, 0.05) is 18.1 Å². The van der Waals surface area contributed by atoms with E-state index in [0.717, 1.165) is 11.1 Å². The highest BCUT2D eigenvalue weighted by molar-refractivity contribution is 6.31. The Kier molecular flexibility index (Phi) is 4.51. The summed E-state index contributed by atoms with van der Waals surface area (Å²) in [7, 11) is 0. The zero-order valence-electron chi connectivity index (χ0n) is 10.2. The van der Waals surface area contributed by atoms with Crippen LogP contribution in [0, 0.1) is 17.1 Å². The van der Waals surface area contributed by atoms with Gasteiger partial charge in [-0.1, -0.05) is 29.8 Å². The average Bonchev–Trinajstić information content (AvgIpc) is 2.40. The molecule has 4 heteroatoms. The van der Waals surface area contributed by atoms with Crippen molar-refractivity contribution in [1.29, 1.82) is 5.26 Å². The Bertz CT molecular complexity index is 620. The Labute approximate surface area is 116 Å². The molecule has 0 spiro atoms. The molecular weight excluding hydrogens is 263 g/mol. The van der Waals surface area contributed by atoms with Crippen LogP contribution in [0.25, 0.3) is 0 Å². The van der Waals surface area contributed by atoms with Crippen LogP contribution in [0.15, 0.2) is 42.5 Å². The molecule has 2 aromatic carbocycles. The van der Waals surface area contributed by atoms with Crippen molar-refractivity contribution in [1.82, 2.24) is 5.32 Å². The molecule has 0 amide bonds. The second-order valence-electron chi connectivity index (χ2n) is 4.15. The molecular formula is C15H12ClFN2. The Hall–Kier alpha value is -1.89. The molecule has 2 nitrogen and oxygen atoms in total. The summed E-state index contributed by atoms with van der Waals surface area (Å²) in [6.07, 6.45) is 0. The van der Waals surface area contributed by atoms with Gasteiger partial charge in [-0.2, -0.15) is 5.26 Å². The van der Waals surface area contributed by atoms with Crippen LogP contribution in [-0.2, 0) is 13.1 Å². The number of hydrogen-bond donors (Lipinski definition) is 1. The van der Waals surface area contributed by atoms with Crippen LogP contribution in [0.2, 0.25) is 5.02 Å². The molecule has 96 valence electrons. The van der Waals surface area contributed by atoms with Crippen LogP contribution < -0.4 is 5.32 Å². The van der Waals surface area contributed by atoms with Crippen molar-refractivity contribution in [2.24, 2.45) is 0 Å². The molecule has 0 aromatic heterocycles. The fraction of sp³-hybridized carbons (Fsp3) is 0.133. The first-order valence-electron chi connectivity index (χ1n) is 5.83. The maximum atomic E-state index is 13.2. The zero-order valence-corrected chi connectivity index (χ0v) is 10.9. The van der Waals surface area contributed by atoms with Crippen LogP contribution in [0.3, 0.4) is 0 Å². The largest absolute Gasteiger partial charge is 0.309 e. The van der Waals surface area contributed by atoms with Crippen molar-refractivity contribution in [3.63, 3.8) is 0 Å². The standard InChI is InChI=1S/C15H12ClFN2/c16-15-4-2-1-3-13(15)10-19-9-12-5-11(8-18)6-14(17)7-12/h1-7,19H,9-10H2. The summed E-state index contributed by atoms with van der Waals surface area (Å²) in [6.45, 7) is 1.08. The van der Waals surface area contributed by atoms with Crippen molar-refractivity contribution >= 4 is 11.6 Å². The minimum Gasteiger partial charge on any atom is -0.309 e. The highest BCUT2D eigenvalue weighted by Gasteiger charge is 2.02. The van der Waals surface area contributed by atoms with Gasteiger partial charge in [0.05, 0.1) is 11.6 Å². The SMILES string of the molecule is N#Cc1cc(F)cc(CNCc2ccccc2Cl)c1. The Morgan fingerprint density at radius 2 is 1.95 bits per heavy atom. The monoisotopic (exact) mass is 274 g/mol. The molecule has 0 aliphatic rings. The van der Waals surface area contributed by atoms with Crippen LogP contribution in [0.5, 0.6) is 0 Å². The van der Waals surface area contributed by atoms with Crippen molar-refractivity contribution in [2.45, 2.75) is 13.1 Å². The Balaban J connectivity index is 1.98. The fourth-order valence-corrected chi connectivity index (χ4v) is 2.00. The highest BCUT2D eigenvalue weighted by Crippen LogP contribution is 2.15. The van der Waals surface area contributed by atoms with E-state index in [-0.39, 0.29) is 0 Å². The second kappa shape index (κ2) is 6.33. The predicted molar refractivity (Wildman–Crippen MR) is 73.1 cm³/mol. The minimum absolute atomic E-state index is 0.328. The third-order valence-corrected chi connectivity index (χ3v) is 3.06. The molecule has 0 heterocycles. The van der Waals surface area contributed by atoms with Crippen molar-refractivity contribution in [3.8, 4) is 6.07 Å². The van der Waals surface area contributed by atoms with E-state index in [1.165, 1.54) is 12.1 Å². The van der Waals surface area contributed by atoms with E-state index in [1.54, 1.807) is 6.07 Å². The van der Waals surface area contributed by atoms with Crippen LogP contribution in [-0.4, -0.2) is 0 Å². The average molecular weight is 275 g/mol. The van der Waals surface area contributed by atoms with E-state index >= 15 is 0 Å². The Morgan fingerprint density at radius 1 is 1.16 bits per heavy atom. The molecule has 0 saturated carbocycles. The van der Waals surface area contributed by atoms with Crippen molar-refractivity contribution in [2.75, 3.05) is 0 Å². The lowest BCUT2D eigenvalue weighted by molar-refractivity contribution is 0.619. The topological polar surface area (TPSA) is 35.8 Å². The Morgan fingerprint density at radius 3 is 2.68 bits per heavy atom. The number of hydrogen-bond acceptors (Lipinski definition) is 2. The summed E-state index contributed by atoms with van der Waals surface area (Å²) in [5.41, 5.74) is 2.05. The van der Waals surface area contributed by atoms with Gasteiger partial charge < -0.3 is 5.32 Å². The van der Waals surface area contributed by atoms with Gasteiger partial charge in [0.2, 0.25) is 0 Å². The van der Waals surface area contributed by atoms with E-state index in [2.05, 4.69) is 5.32 Å². The molecule has 0 saturated heterocycles. The number of nitrogens with zero attached hydrogens (tertiary/aromatic N) is 1. The summed E-state index contributed by atoms with van der Waals surface area (Å²) >= 11 is 6.04. The lowest BCUT2D eigenvalue weighted by atomic mass is 10.1. The molecule has 0 fully saturated rings. The lowest BCUT2D eigenvalue weighted by Crippen LogP contribution is -2.13. The summed E-state index contributed by atoms with van der Waals surface area (Å²) < 4.78 is 13.2. The fourth-order valence-electron chi connectivity index (χ4n) is 1.80. The molecule has 2 rings (SSSR count). The summed E-state index contributed by atoms with van der Waals surface area (Å²) in [5, 5.41) is 12.6. The van der Waals surface area contributed by atoms with Gasteiger partial charge in [-0.3, -0.25) is 0 Å². The maximum absolute atomic E-state index is 13.2. The van der Waals surface area contributed by atoms with Crippen LogP contribution in [0.4, 0.5) is 4.39 Å². The molecule has 0 bridgehead atoms. The van der Waals surface area contributed by atoms with E-state index in [9.17, 15) is 4.39 Å². The first-order chi connectivity index (χ1) is 9.19. The maximum Gasteiger partial charge on any atom is 0.124 e. The van der Waals surface area contributed by atoms with Gasteiger partial charge in [0.25, 0.3) is 0 Å². The first kappa shape index (κ1) is 13.5. The second-order valence-corrected chi connectivity index (χ2v) is 4.56. The van der Waals surface area contributed by atoms with Crippen molar-refractivity contribution in [3.05, 3.63) is 70.0 Å². The zero-order chi connectivity index (χ0) is 13.7. The molecule has 0 aliphatic carbocycles. The number of nitrogens with one attached hydrogen (secondary N) is 1. The van der Waals surface area contributed by atoms with Gasteiger partial charge in [-0.05, 0) is 35.4 Å². The molecule has 0 radical (unpaired) electrons. The lowest BCUT2D eigenvalue weighted by Gasteiger charge is -2.07. The third kappa shape index (κ3) is 3.78. The third-order valence-electron chi connectivity index (χ3n) is 2.69. The number of halogens is 2. The van der Waals surface area contributed by atoms with Gasteiger partial charge in [0.1, 0.15) is 5.82 Å². The van der Waals surface area contributed by atoms with Gasteiger partial charge in [-0.25, -0.2) is 4.39 Å². The summed E-state index contributed by atoms with van der Waals surface area (Å²) in [6, 6.07) is 13.8. The molecule has 0 aliphatic heterocycles. The quantitative estimate of drug-likeness (QED) is 0.924. The van der Waals surface area contributed by atoms with E-state index in [4.69, 9.17) is 16.9 Å². The van der Waals surface area contributed by atoms with E-state index in [0.29, 0.717) is 23.7 Å². The normalized spacial score (nSPS) is 10.2. The highest BCUT2D eigenvalue weighted by atomic mass is 35.5. The molecule has 0 atom stereocenters. The van der Waals surface area contributed by atoms with Gasteiger partial charge in [-0.15, -0.1) is 0 Å². The number of nitriles is 1. The molecule has 1 N–H and O–H groups in total. The smallest absolute Gasteiger partial charge is 0.124 e. The molecule has 0 unspecified atom stereocenters. The first-order valence-corrected chi connectivity index (χ1v) is 6.20. The van der Waals surface area contributed by atoms with Gasteiger partial charge >= 0.3 is 0 Å². The number of benzene rings is 2. The van der Waals surface area contributed by atoms with Gasteiger partial charge in [0.15, 0.2) is 0 Å². The minimum atomic E-state index is -0.395. The van der Waals surface area contributed by atoms with E-state index < -0.39 is 5.82 Å². The molecule has 19 heavy (non-hydrogen) atoms. The van der Waals surface area contributed by atoms with E-state index in [1.807, 2.05) is 30.3 Å². The van der Waals surface area contributed by atoms with Crippen LogP contribution >= 0.6 is 11.6 Å². The summed E-state index contributed by atoms with van der Waals surface area (Å²) in [5.74, 6) is -0.395.